The van der Waals surface area contributed by atoms with Crippen LogP contribution in [0.3, 0.4) is 0 Å². The molecule has 1 fully saturated rings. The molecule has 1 saturated heterocycles. The third-order valence-electron chi connectivity index (χ3n) is 5.65. The second-order valence-electron chi connectivity index (χ2n) is 8.09. The molecule has 6 nitrogen and oxygen atoms in total. The van der Waals surface area contributed by atoms with Gasteiger partial charge in [-0.15, -0.1) is 0 Å². The molecule has 0 radical (unpaired) electrons. The van der Waals surface area contributed by atoms with E-state index in [0.29, 0.717) is 22.9 Å². The first kappa shape index (κ1) is 24.5. The summed E-state index contributed by atoms with van der Waals surface area (Å²) in [4.78, 5) is 26.7. The first-order valence-electron chi connectivity index (χ1n) is 10.6. The van der Waals surface area contributed by atoms with Gasteiger partial charge in [-0.1, -0.05) is 54.4 Å². The Bertz CT molecular complexity index is 950. The fourth-order valence-corrected chi connectivity index (χ4v) is 4.60. The predicted molar refractivity (Wildman–Crippen MR) is 123 cm³/mol. The van der Waals surface area contributed by atoms with Crippen molar-refractivity contribution in [2.75, 3.05) is 0 Å². The highest BCUT2D eigenvalue weighted by Gasteiger charge is 2.47. The lowest BCUT2D eigenvalue weighted by Gasteiger charge is -2.48. The number of carbonyl (C=O) groups is 2. The second-order valence-corrected chi connectivity index (χ2v) is 8.96. The van der Waals surface area contributed by atoms with Gasteiger partial charge in [-0.05, 0) is 55.2 Å². The topological polar surface area (TPSA) is 87.1 Å². The average Bonchev–Trinajstić information content (AvgIpc) is 2.73. The van der Waals surface area contributed by atoms with Gasteiger partial charge < -0.3 is 19.8 Å². The Labute approximate surface area is 197 Å². The summed E-state index contributed by atoms with van der Waals surface area (Å²) in [5.74, 6) is -1.53. The van der Waals surface area contributed by atoms with E-state index >= 15 is 0 Å². The van der Waals surface area contributed by atoms with Crippen LogP contribution in [0.5, 0.6) is 0 Å². The summed E-state index contributed by atoms with van der Waals surface area (Å²) in [6.45, 7) is 3.61. The maximum atomic E-state index is 13.5. The molecule has 0 saturated carbocycles. The highest BCUT2D eigenvalue weighted by atomic mass is 35.5. The summed E-state index contributed by atoms with van der Waals surface area (Å²) in [6.07, 6.45) is -1.95. The maximum Gasteiger partial charge on any atom is 0.306 e. The number of rotatable bonds is 8. The number of morpholine rings is 1. The number of amides is 1. The minimum absolute atomic E-state index is 0.315. The summed E-state index contributed by atoms with van der Waals surface area (Å²) < 4.78 is 6.15. The van der Waals surface area contributed by atoms with Crippen molar-refractivity contribution in [3.05, 3.63) is 69.7 Å². The van der Waals surface area contributed by atoms with Gasteiger partial charge in [-0.25, -0.2) is 0 Å². The number of aliphatic hydroxyl groups excluding tert-OH is 1. The SMILES string of the molecule is CC[C@@H](C[C@H](C)O)N1C(=O)[C@@H](CC(=O)O)O[C@H](c2cccc(Cl)c2)C1c1ccc(Cl)cc1. The third-order valence-corrected chi connectivity index (χ3v) is 6.14. The van der Waals surface area contributed by atoms with Gasteiger partial charge in [0.15, 0.2) is 0 Å². The molecule has 1 aliphatic rings. The second kappa shape index (κ2) is 10.7. The first-order chi connectivity index (χ1) is 15.2. The summed E-state index contributed by atoms with van der Waals surface area (Å²) in [7, 11) is 0. The Morgan fingerprint density at radius 2 is 1.81 bits per heavy atom. The van der Waals surface area contributed by atoms with Crippen molar-refractivity contribution in [1.82, 2.24) is 4.90 Å². The molecule has 172 valence electrons. The summed E-state index contributed by atoms with van der Waals surface area (Å²) >= 11 is 12.3. The van der Waals surface area contributed by atoms with Crippen molar-refractivity contribution in [3.63, 3.8) is 0 Å². The molecule has 2 aromatic carbocycles. The number of hydrogen-bond acceptors (Lipinski definition) is 4. The van der Waals surface area contributed by atoms with Gasteiger partial charge in [0.2, 0.25) is 0 Å². The number of halogens is 2. The molecule has 5 atom stereocenters. The van der Waals surface area contributed by atoms with Crippen LogP contribution in [0.4, 0.5) is 0 Å². The van der Waals surface area contributed by atoms with Crippen molar-refractivity contribution < 1.29 is 24.5 Å². The standard InChI is InChI=1S/C24H27Cl2NO5/c1-3-19(11-14(2)28)27-22(15-7-9-17(25)10-8-15)23(16-5-4-6-18(26)12-16)32-20(24(27)31)13-21(29)30/h4-10,12,14,19-20,22-23,28H,3,11,13H2,1-2H3,(H,29,30)/t14-,19-,20+,22?,23+/m0/s1. The monoisotopic (exact) mass is 479 g/mol. The Hall–Kier alpha value is -2.12. The van der Waals surface area contributed by atoms with Crippen LogP contribution in [0.1, 0.15) is 56.4 Å². The Morgan fingerprint density at radius 3 is 2.38 bits per heavy atom. The highest BCUT2D eigenvalue weighted by Crippen LogP contribution is 2.45. The molecule has 0 spiro atoms. The van der Waals surface area contributed by atoms with Crippen LogP contribution >= 0.6 is 23.2 Å². The molecule has 1 heterocycles. The van der Waals surface area contributed by atoms with Crippen molar-refractivity contribution in [2.45, 2.75) is 63.5 Å². The predicted octanol–water partition coefficient (Wildman–Crippen LogP) is 5.03. The minimum atomic E-state index is -1.15. The normalized spacial score (nSPS) is 23.1. The van der Waals surface area contributed by atoms with Crippen LogP contribution in [0.25, 0.3) is 0 Å². The van der Waals surface area contributed by atoms with Gasteiger partial charge in [0.1, 0.15) is 12.2 Å². The van der Waals surface area contributed by atoms with E-state index < -0.39 is 42.7 Å². The van der Waals surface area contributed by atoms with Crippen molar-refractivity contribution in [3.8, 4) is 0 Å². The Kier molecular flexibility index (Phi) is 8.17. The molecular formula is C24H27Cl2NO5. The number of ether oxygens (including phenoxy) is 1. The van der Waals surface area contributed by atoms with Gasteiger partial charge in [0, 0.05) is 16.1 Å². The molecule has 3 rings (SSSR count). The van der Waals surface area contributed by atoms with Gasteiger partial charge in [-0.2, -0.15) is 0 Å². The third kappa shape index (κ3) is 5.62. The van der Waals surface area contributed by atoms with Crippen LogP contribution in [-0.2, 0) is 14.3 Å². The largest absolute Gasteiger partial charge is 0.481 e. The number of hydrogen-bond donors (Lipinski definition) is 2. The Morgan fingerprint density at radius 1 is 1.12 bits per heavy atom. The van der Waals surface area contributed by atoms with E-state index in [-0.39, 0.29) is 6.04 Å². The van der Waals surface area contributed by atoms with Crippen molar-refractivity contribution in [1.29, 1.82) is 0 Å². The lowest BCUT2D eigenvalue weighted by atomic mass is 9.88. The first-order valence-corrected chi connectivity index (χ1v) is 11.3. The van der Waals surface area contributed by atoms with Gasteiger partial charge >= 0.3 is 5.97 Å². The van der Waals surface area contributed by atoms with E-state index in [4.69, 9.17) is 27.9 Å². The smallest absolute Gasteiger partial charge is 0.306 e. The molecule has 0 aromatic heterocycles. The number of carbonyl (C=O) groups excluding carboxylic acids is 1. The van der Waals surface area contributed by atoms with Crippen LogP contribution in [0, 0.1) is 0 Å². The maximum absolute atomic E-state index is 13.5. The molecular weight excluding hydrogens is 453 g/mol. The lowest BCUT2D eigenvalue weighted by Crippen LogP contribution is -2.55. The molecule has 2 N–H and O–H groups in total. The molecule has 0 aliphatic carbocycles. The molecule has 32 heavy (non-hydrogen) atoms. The number of nitrogens with zero attached hydrogens (tertiary/aromatic N) is 1. The van der Waals surface area contributed by atoms with Gasteiger partial charge in [0.05, 0.1) is 18.6 Å². The van der Waals surface area contributed by atoms with Crippen LogP contribution in [-0.4, -0.2) is 45.2 Å². The van der Waals surface area contributed by atoms with E-state index in [1.807, 2.05) is 25.1 Å². The molecule has 0 bridgehead atoms. The lowest BCUT2D eigenvalue weighted by molar-refractivity contribution is -0.184. The van der Waals surface area contributed by atoms with E-state index in [2.05, 4.69) is 0 Å². The number of carboxylic acids is 1. The minimum Gasteiger partial charge on any atom is -0.481 e. The average molecular weight is 480 g/mol. The van der Waals surface area contributed by atoms with Crippen LogP contribution in [0.15, 0.2) is 48.5 Å². The zero-order chi connectivity index (χ0) is 23.4. The van der Waals surface area contributed by atoms with Gasteiger partial charge in [0.25, 0.3) is 5.91 Å². The number of aliphatic hydroxyl groups is 1. The Balaban J connectivity index is 2.17. The number of aliphatic carboxylic acids is 1. The van der Waals surface area contributed by atoms with E-state index in [1.165, 1.54) is 0 Å². The molecule has 2 aromatic rings. The zero-order valence-corrected chi connectivity index (χ0v) is 19.5. The summed E-state index contributed by atoms with van der Waals surface area (Å²) in [5.41, 5.74) is 1.53. The number of carboxylic acid groups (broad SMARTS) is 1. The molecule has 8 heteroatoms. The van der Waals surface area contributed by atoms with Crippen molar-refractivity contribution in [2.24, 2.45) is 0 Å². The molecule has 1 aliphatic heterocycles. The van der Waals surface area contributed by atoms with E-state index in [0.717, 1.165) is 11.1 Å². The quantitative estimate of drug-likeness (QED) is 0.554. The van der Waals surface area contributed by atoms with Crippen LogP contribution < -0.4 is 0 Å². The summed E-state index contributed by atoms with van der Waals surface area (Å²) in [6, 6.07) is 13.4. The summed E-state index contributed by atoms with van der Waals surface area (Å²) in [5, 5.41) is 20.6. The zero-order valence-electron chi connectivity index (χ0n) is 17.9. The highest BCUT2D eigenvalue weighted by molar-refractivity contribution is 6.30. The van der Waals surface area contributed by atoms with Crippen LogP contribution in [0.2, 0.25) is 10.0 Å². The van der Waals surface area contributed by atoms with E-state index in [9.17, 15) is 19.8 Å². The fraction of sp³-hybridized carbons (Fsp3) is 0.417. The van der Waals surface area contributed by atoms with E-state index in [1.54, 1.807) is 42.2 Å². The molecule has 1 unspecified atom stereocenters. The van der Waals surface area contributed by atoms with Crippen molar-refractivity contribution >= 4 is 35.1 Å². The van der Waals surface area contributed by atoms with Gasteiger partial charge in [-0.3, -0.25) is 9.59 Å². The molecule has 1 amide bonds. The number of benzene rings is 2. The fourth-order valence-electron chi connectivity index (χ4n) is 4.27.